The molecule has 1 aromatic rings. The van der Waals surface area contributed by atoms with E-state index in [1.54, 1.807) is 6.92 Å². The maximum absolute atomic E-state index is 12.7. The summed E-state index contributed by atoms with van der Waals surface area (Å²) in [5.41, 5.74) is 0.925. The highest BCUT2D eigenvalue weighted by atomic mass is 16.7. The number of cyclic esters (lactones) is 1. The Balaban J connectivity index is 2.10. The van der Waals surface area contributed by atoms with Crippen LogP contribution in [0.15, 0.2) is 42.2 Å². The van der Waals surface area contributed by atoms with E-state index in [-0.39, 0.29) is 25.2 Å². The van der Waals surface area contributed by atoms with Crippen molar-refractivity contribution >= 4 is 23.5 Å². The number of hydrogen-bond donors (Lipinski definition) is 0. The van der Waals surface area contributed by atoms with Gasteiger partial charge in [-0.3, -0.25) is 14.4 Å². The molecular weight excluding hydrogens is 364 g/mol. The third kappa shape index (κ3) is 6.04. The number of rotatable bonds is 9. The van der Waals surface area contributed by atoms with Crippen molar-refractivity contribution in [2.24, 2.45) is 5.92 Å². The number of allylic oxidation sites excluding steroid dienone is 1. The molecule has 0 amide bonds. The molecule has 1 heterocycles. The molecule has 1 aliphatic heterocycles. The number of hydrogen-bond acceptors (Lipinski definition) is 7. The third-order valence-corrected chi connectivity index (χ3v) is 4.02. The molecule has 0 fully saturated rings. The smallest absolute Gasteiger partial charge is 0.337 e. The Kier molecular flexibility index (Phi) is 7.09. The topological polar surface area (TPSA) is 96.0 Å². The van der Waals surface area contributed by atoms with Crippen LogP contribution in [0.25, 0.3) is 0 Å². The van der Waals surface area contributed by atoms with E-state index >= 15 is 0 Å². The zero-order valence-corrected chi connectivity index (χ0v) is 16.2. The predicted octanol–water partition coefficient (Wildman–Crippen LogP) is 2.52. The summed E-state index contributed by atoms with van der Waals surface area (Å²) < 4.78 is 15.3. The number of ether oxygens (including phenoxy) is 3. The first-order chi connectivity index (χ1) is 13.2. The lowest BCUT2D eigenvalue weighted by molar-refractivity contribution is -0.205. The molecule has 0 N–H and O–H groups in total. The molecule has 0 aromatic heterocycles. The molecule has 0 spiro atoms. The molecule has 1 unspecified atom stereocenters. The summed E-state index contributed by atoms with van der Waals surface area (Å²) in [6.45, 7) is 4.69. The lowest BCUT2D eigenvalue weighted by Crippen LogP contribution is -2.37. The highest BCUT2D eigenvalue weighted by molar-refractivity contribution is 6.17. The predicted molar refractivity (Wildman–Crippen MR) is 98.9 cm³/mol. The minimum absolute atomic E-state index is 0.0205. The molecule has 0 aliphatic carbocycles. The van der Waals surface area contributed by atoms with Crippen molar-refractivity contribution in [2.45, 2.75) is 45.8 Å². The summed E-state index contributed by atoms with van der Waals surface area (Å²) >= 11 is 0. The number of carbonyl (C=O) groups excluding carboxylic acids is 4. The van der Waals surface area contributed by atoms with Crippen LogP contribution in [0.5, 0.6) is 0 Å². The normalized spacial score (nSPS) is 16.2. The number of esters is 2. The van der Waals surface area contributed by atoms with Crippen molar-refractivity contribution in [3.8, 4) is 0 Å². The molecule has 2 rings (SSSR count). The molecule has 28 heavy (non-hydrogen) atoms. The molecular formula is C21H24O7. The largest absolute Gasteiger partial charge is 0.465 e. The highest BCUT2D eigenvalue weighted by Crippen LogP contribution is 2.25. The van der Waals surface area contributed by atoms with Gasteiger partial charge in [-0.1, -0.05) is 30.3 Å². The molecule has 150 valence electrons. The van der Waals surface area contributed by atoms with Crippen LogP contribution in [0.2, 0.25) is 0 Å². The Morgan fingerprint density at radius 3 is 2.36 bits per heavy atom. The van der Waals surface area contributed by atoms with Gasteiger partial charge in [-0.05, 0) is 18.9 Å². The molecule has 1 aliphatic rings. The first-order valence-corrected chi connectivity index (χ1v) is 9.10. The fourth-order valence-corrected chi connectivity index (χ4v) is 2.85. The van der Waals surface area contributed by atoms with Gasteiger partial charge in [0.1, 0.15) is 5.76 Å². The van der Waals surface area contributed by atoms with Crippen molar-refractivity contribution in [1.29, 1.82) is 0 Å². The van der Waals surface area contributed by atoms with Crippen LogP contribution >= 0.6 is 0 Å². The van der Waals surface area contributed by atoms with E-state index in [1.807, 2.05) is 30.3 Å². The Morgan fingerprint density at radius 1 is 1.07 bits per heavy atom. The fraction of sp³-hybridized carbons (Fsp3) is 0.429. The van der Waals surface area contributed by atoms with Crippen LogP contribution < -0.4 is 0 Å². The van der Waals surface area contributed by atoms with Crippen molar-refractivity contribution < 1.29 is 33.4 Å². The standard InChI is InChI=1S/C21H24O7/c1-4-26-20(25)19(16(22)11-10-14-8-6-5-7-9-14)17(23)12-15-13-18(24)28-21(2,3)27-15/h5-9,13,19H,4,10-12H2,1-3H3. The van der Waals surface area contributed by atoms with Crippen molar-refractivity contribution in [1.82, 2.24) is 0 Å². The monoisotopic (exact) mass is 388 g/mol. The maximum atomic E-state index is 12.7. The van der Waals surface area contributed by atoms with Gasteiger partial charge < -0.3 is 14.2 Å². The third-order valence-electron chi connectivity index (χ3n) is 4.02. The first kappa shape index (κ1) is 21.3. The summed E-state index contributed by atoms with van der Waals surface area (Å²) in [7, 11) is 0. The van der Waals surface area contributed by atoms with Gasteiger partial charge in [-0.15, -0.1) is 0 Å². The van der Waals surface area contributed by atoms with Crippen LogP contribution in [0, 0.1) is 5.92 Å². The van der Waals surface area contributed by atoms with E-state index in [9.17, 15) is 19.2 Å². The SMILES string of the molecule is CCOC(=O)C(C(=O)CCc1ccccc1)C(=O)CC1=CC(=O)OC(C)(C)O1. The molecule has 0 radical (unpaired) electrons. The molecule has 7 nitrogen and oxygen atoms in total. The van der Waals surface area contributed by atoms with Crippen molar-refractivity contribution in [3.05, 3.63) is 47.7 Å². The van der Waals surface area contributed by atoms with Gasteiger partial charge in [0.25, 0.3) is 0 Å². The summed E-state index contributed by atoms with van der Waals surface area (Å²) in [5.74, 6) is -5.45. The second-order valence-corrected chi connectivity index (χ2v) is 6.81. The quantitative estimate of drug-likeness (QED) is 0.474. The van der Waals surface area contributed by atoms with Gasteiger partial charge in [-0.25, -0.2) is 4.79 Å². The molecule has 0 saturated heterocycles. The fourth-order valence-electron chi connectivity index (χ4n) is 2.85. The van der Waals surface area contributed by atoms with Crippen LogP contribution in [-0.2, 0) is 39.8 Å². The summed E-state index contributed by atoms with van der Waals surface area (Å²) in [4.78, 5) is 49.2. The second kappa shape index (κ2) is 9.30. The number of benzene rings is 1. The summed E-state index contributed by atoms with van der Waals surface area (Å²) in [6, 6.07) is 9.29. The van der Waals surface area contributed by atoms with Gasteiger partial charge in [0.15, 0.2) is 17.5 Å². The minimum atomic E-state index is -1.55. The van der Waals surface area contributed by atoms with Gasteiger partial charge in [0.2, 0.25) is 5.79 Å². The lowest BCUT2D eigenvalue weighted by Gasteiger charge is -2.30. The molecule has 1 aromatic carbocycles. The van der Waals surface area contributed by atoms with Crippen LogP contribution in [0.3, 0.4) is 0 Å². The maximum Gasteiger partial charge on any atom is 0.337 e. The molecule has 0 bridgehead atoms. The van der Waals surface area contributed by atoms with Gasteiger partial charge in [0.05, 0.1) is 19.1 Å². The van der Waals surface area contributed by atoms with E-state index in [0.717, 1.165) is 11.6 Å². The zero-order chi connectivity index (χ0) is 20.7. The Labute approximate surface area is 163 Å². The van der Waals surface area contributed by atoms with Gasteiger partial charge in [0, 0.05) is 20.3 Å². The number of Topliss-reactive ketones (excluding diaryl/α,β-unsaturated/α-hetero) is 2. The van der Waals surface area contributed by atoms with E-state index < -0.39 is 35.2 Å². The average molecular weight is 388 g/mol. The highest BCUT2D eigenvalue weighted by Gasteiger charge is 2.37. The second-order valence-electron chi connectivity index (χ2n) is 6.81. The van der Waals surface area contributed by atoms with E-state index in [2.05, 4.69) is 0 Å². The van der Waals surface area contributed by atoms with Crippen molar-refractivity contribution in [3.63, 3.8) is 0 Å². The Hall–Kier alpha value is -2.96. The summed E-state index contributed by atoms with van der Waals surface area (Å²) in [6.07, 6.45) is 1.09. The minimum Gasteiger partial charge on any atom is -0.465 e. The lowest BCUT2D eigenvalue weighted by atomic mass is 9.92. The number of carbonyl (C=O) groups is 4. The van der Waals surface area contributed by atoms with Crippen molar-refractivity contribution in [2.75, 3.05) is 6.61 Å². The first-order valence-electron chi connectivity index (χ1n) is 9.10. The van der Waals surface area contributed by atoms with Crippen LogP contribution in [-0.4, -0.2) is 35.9 Å². The Morgan fingerprint density at radius 2 is 1.75 bits per heavy atom. The zero-order valence-electron chi connectivity index (χ0n) is 16.2. The Bertz CT molecular complexity index is 777. The van der Waals surface area contributed by atoms with Crippen LogP contribution in [0.1, 0.15) is 39.2 Å². The number of aryl methyl sites for hydroxylation is 1. The molecule has 0 saturated carbocycles. The number of ketones is 2. The average Bonchev–Trinajstić information content (AvgIpc) is 2.59. The molecule has 7 heteroatoms. The van der Waals surface area contributed by atoms with Gasteiger partial charge in [-0.2, -0.15) is 0 Å². The van der Waals surface area contributed by atoms with E-state index in [4.69, 9.17) is 14.2 Å². The molecule has 1 atom stereocenters. The van der Waals surface area contributed by atoms with E-state index in [1.165, 1.54) is 13.8 Å². The summed E-state index contributed by atoms with van der Waals surface area (Å²) in [5, 5.41) is 0. The van der Waals surface area contributed by atoms with Gasteiger partial charge >= 0.3 is 11.9 Å². The van der Waals surface area contributed by atoms with Crippen LogP contribution in [0.4, 0.5) is 0 Å². The van der Waals surface area contributed by atoms with E-state index in [0.29, 0.717) is 6.42 Å².